The zero-order valence-corrected chi connectivity index (χ0v) is 6.13. The summed E-state index contributed by atoms with van der Waals surface area (Å²) in [6, 6.07) is 0. The number of carboxylic acids is 1. The van der Waals surface area contributed by atoms with Gasteiger partial charge >= 0.3 is 5.97 Å². The molecule has 1 aliphatic rings. The van der Waals surface area contributed by atoms with E-state index in [0.29, 0.717) is 5.57 Å². The van der Waals surface area contributed by atoms with E-state index in [1.54, 1.807) is 6.92 Å². The van der Waals surface area contributed by atoms with E-state index in [4.69, 9.17) is 5.11 Å². The minimum absolute atomic E-state index is 0.479. The number of hydrogen-bond donors (Lipinski definition) is 1. The summed E-state index contributed by atoms with van der Waals surface area (Å²) in [7, 11) is 0. The number of carboxylic acid groups (broad SMARTS) is 1. The first-order valence-electron chi connectivity index (χ1n) is 3.60. The van der Waals surface area contributed by atoms with Crippen LogP contribution in [0.3, 0.4) is 0 Å². The third kappa shape index (κ3) is 2.21. The van der Waals surface area contributed by atoms with Crippen LogP contribution in [0.1, 0.15) is 26.2 Å². The van der Waals surface area contributed by atoms with Crippen molar-refractivity contribution in [2.24, 2.45) is 5.92 Å². The van der Waals surface area contributed by atoms with Gasteiger partial charge in [-0.1, -0.05) is 6.08 Å². The van der Waals surface area contributed by atoms with Gasteiger partial charge in [-0.05, 0) is 32.1 Å². The molecule has 56 valence electrons. The van der Waals surface area contributed by atoms with Crippen LogP contribution in [0.5, 0.6) is 0 Å². The second-order valence-corrected chi connectivity index (χ2v) is 2.87. The van der Waals surface area contributed by atoms with Gasteiger partial charge in [0.1, 0.15) is 0 Å². The molecule has 0 saturated heterocycles. The average molecular weight is 140 g/mol. The molecule has 1 N–H and O–H groups in total. The van der Waals surface area contributed by atoms with Crippen LogP contribution >= 0.6 is 0 Å². The van der Waals surface area contributed by atoms with E-state index in [2.05, 4.69) is 0 Å². The molecule has 0 aliphatic heterocycles. The highest BCUT2D eigenvalue weighted by Crippen LogP contribution is 2.32. The Bertz CT molecular complexity index is 166. The number of allylic oxidation sites excluding steroid dienone is 1. The highest BCUT2D eigenvalue weighted by atomic mass is 16.4. The first kappa shape index (κ1) is 7.32. The lowest BCUT2D eigenvalue weighted by Gasteiger charge is -1.90. The van der Waals surface area contributed by atoms with Gasteiger partial charge in [0, 0.05) is 5.57 Å². The van der Waals surface area contributed by atoms with E-state index in [1.165, 1.54) is 12.8 Å². The third-order valence-electron chi connectivity index (χ3n) is 1.79. The molecule has 0 amide bonds. The average Bonchev–Trinajstić information content (AvgIpc) is 2.64. The summed E-state index contributed by atoms with van der Waals surface area (Å²) in [5.74, 6) is -0.00468. The minimum atomic E-state index is -0.791. The topological polar surface area (TPSA) is 37.3 Å². The molecular formula is C8H12O2. The maximum absolute atomic E-state index is 10.3. The molecule has 0 atom stereocenters. The van der Waals surface area contributed by atoms with Crippen molar-refractivity contribution in [3.05, 3.63) is 11.6 Å². The van der Waals surface area contributed by atoms with Gasteiger partial charge < -0.3 is 5.11 Å². The second kappa shape index (κ2) is 2.86. The molecule has 1 rings (SSSR count). The van der Waals surface area contributed by atoms with Crippen LogP contribution in [0.25, 0.3) is 0 Å². The van der Waals surface area contributed by atoms with Gasteiger partial charge in [-0.3, -0.25) is 0 Å². The Hall–Kier alpha value is -0.790. The first-order chi connectivity index (χ1) is 4.70. The monoisotopic (exact) mass is 140 g/mol. The number of rotatable bonds is 3. The van der Waals surface area contributed by atoms with Crippen molar-refractivity contribution in [3.8, 4) is 0 Å². The quantitative estimate of drug-likeness (QED) is 0.607. The summed E-state index contributed by atoms with van der Waals surface area (Å²) in [5, 5.41) is 8.45. The standard InChI is InChI=1S/C8H12O2/c1-6(8(9)10)2-3-7-4-5-7/h2,7H,3-5H2,1H3,(H,9,10). The summed E-state index contributed by atoms with van der Waals surface area (Å²) < 4.78 is 0. The van der Waals surface area contributed by atoms with Crippen molar-refractivity contribution < 1.29 is 9.90 Å². The molecular weight excluding hydrogens is 128 g/mol. The lowest BCUT2D eigenvalue weighted by Crippen LogP contribution is -1.95. The van der Waals surface area contributed by atoms with Crippen molar-refractivity contribution in [1.29, 1.82) is 0 Å². The van der Waals surface area contributed by atoms with Crippen molar-refractivity contribution in [3.63, 3.8) is 0 Å². The lowest BCUT2D eigenvalue weighted by molar-refractivity contribution is -0.132. The van der Waals surface area contributed by atoms with E-state index in [0.717, 1.165) is 12.3 Å². The minimum Gasteiger partial charge on any atom is -0.478 e. The van der Waals surface area contributed by atoms with Crippen molar-refractivity contribution in [2.45, 2.75) is 26.2 Å². The largest absolute Gasteiger partial charge is 0.478 e. The highest BCUT2D eigenvalue weighted by Gasteiger charge is 2.19. The summed E-state index contributed by atoms with van der Waals surface area (Å²) in [6.45, 7) is 1.64. The summed E-state index contributed by atoms with van der Waals surface area (Å²) >= 11 is 0. The zero-order chi connectivity index (χ0) is 7.56. The molecule has 0 bridgehead atoms. The molecule has 2 nitrogen and oxygen atoms in total. The Morgan fingerprint density at radius 2 is 2.30 bits per heavy atom. The van der Waals surface area contributed by atoms with E-state index >= 15 is 0 Å². The van der Waals surface area contributed by atoms with Gasteiger partial charge in [-0.25, -0.2) is 4.79 Å². The van der Waals surface area contributed by atoms with Crippen LogP contribution in [-0.4, -0.2) is 11.1 Å². The predicted octanol–water partition coefficient (Wildman–Crippen LogP) is 1.82. The second-order valence-electron chi connectivity index (χ2n) is 2.87. The molecule has 0 aromatic carbocycles. The molecule has 1 fully saturated rings. The van der Waals surface area contributed by atoms with E-state index in [1.807, 2.05) is 6.08 Å². The zero-order valence-electron chi connectivity index (χ0n) is 6.13. The van der Waals surface area contributed by atoms with E-state index < -0.39 is 5.97 Å². The predicted molar refractivity (Wildman–Crippen MR) is 38.7 cm³/mol. The fourth-order valence-electron chi connectivity index (χ4n) is 0.784. The Kier molecular flexibility index (Phi) is 2.10. The fourth-order valence-corrected chi connectivity index (χ4v) is 0.784. The molecule has 1 aliphatic carbocycles. The molecule has 0 heterocycles. The molecule has 0 aromatic heterocycles. The first-order valence-corrected chi connectivity index (χ1v) is 3.60. The van der Waals surface area contributed by atoms with Crippen LogP contribution in [0.2, 0.25) is 0 Å². The molecule has 0 spiro atoms. The van der Waals surface area contributed by atoms with Gasteiger partial charge in [-0.2, -0.15) is 0 Å². The third-order valence-corrected chi connectivity index (χ3v) is 1.79. The lowest BCUT2D eigenvalue weighted by atomic mass is 10.2. The van der Waals surface area contributed by atoms with Crippen molar-refractivity contribution >= 4 is 5.97 Å². The van der Waals surface area contributed by atoms with Gasteiger partial charge in [0.25, 0.3) is 0 Å². The van der Waals surface area contributed by atoms with Crippen LogP contribution in [-0.2, 0) is 4.79 Å². The Labute approximate surface area is 60.6 Å². The smallest absolute Gasteiger partial charge is 0.330 e. The van der Waals surface area contributed by atoms with Gasteiger partial charge in [0.2, 0.25) is 0 Å². The molecule has 2 heteroatoms. The summed E-state index contributed by atoms with van der Waals surface area (Å²) in [6.07, 6.45) is 5.34. The van der Waals surface area contributed by atoms with Crippen molar-refractivity contribution in [1.82, 2.24) is 0 Å². The normalized spacial score (nSPS) is 19.1. The maximum Gasteiger partial charge on any atom is 0.330 e. The highest BCUT2D eigenvalue weighted by molar-refractivity contribution is 5.85. The fraction of sp³-hybridized carbons (Fsp3) is 0.625. The Morgan fingerprint density at radius 3 is 2.70 bits per heavy atom. The number of hydrogen-bond acceptors (Lipinski definition) is 1. The van der Waals surface area contributed by atoms with Crippen LogP contribution in [0, 0.1) is 5.92 Å². The maximum atomic E-state index is 10.3. The molecule has 0 aromatic rings. The SMILES string of the molecule is CC(=CCC1CC1)C(=O)O. The van der Waals surface area contributed by atoms with Gasteiger partial charge in [0.15, 0.2) is 0 Å². The summed E-state index contributed by atoms with van der Waals surface area (Å²) in [4.78, 5) is 10.3. The molecule has 10 heavy (non-hydrogen) atoms. The molecule has 0 radical (unpaired) electrons. The van der Waals surface area contributed by atoms with Crippen LogP contribution < -0.4 is 0 Å². The van der Waals surface area contributed by atoms with Gasteiger partial charge in [-0.15, -0.1) is 0 Å². The molecule has 1 saturated carbocycles. The Balaban J connectivity index is 2.29. The van der Waals surface area contributed by atoms with Crippen LogP contribution in [0.4, 0.5) is 0 Å². The van der Waals surface area contributed by atoms with E-state index in [9.17, 15) is 4.79 Å². The van der Waals surface area contributed by atoms with Crippen LogP contribution in [0.15, 0.2) is 11.6 Å². The number of aliphatic carboxylic acids is 1. The molecule has 0 unspecified atom stereocenters. The van der Waals surface area contributed by atoms with E-state index in [-0.39, 0.29) is 0 Å². The van der Waals surface area contributed by atoms with Gasteiger partial charge in [0.05, 0.1) is 0 Å². The number of carbonyl (C=O) groups is 1. The van der Waals surface area contributed by atoms with Crippen molar-refractivity contribution in [2.75, 3.05) is 0 Å². The summed E-state index contributed by atoms with van der Waals surface area (Å²) in [5.41, 5.74) is 0.479. The Morgan fingerprint density at radius 1 is 1.70 bits per heavy atom.